The molecule has 2 aliphatic heterocycles. The summed E-state index contributed by atoms with van der Waals surface area (Å²) in [5.41, 5.74) is 0. The Morgan fingerprint density at radius 3 is 1.90 bits per heavy atom. The van der Waals surface area contributed by atoms with Gasteiger partial charge in [0.1, 0.15) is 0 Å². The molecule has 10 heavy (non-hydrogen) atoms. The lowest BCUT2D eigenvalue weighted by Gasteiger charge is -2.30. The van der Waals surface area contributed by atoms with Gasteiger partial charge in [-0.1, -0.05) is 6.42 Å². The van der Waals surface area contributed by atoms with Crippen LogP contribution in [-0.2, 0) is 0 Å². The minimum Gasteiger partial charge on any atom is -0.300 e. The van der Waals surface area contributed by atoms with E-state index in [1.807, 2.05) is 0 Å². The Bertz CT molecular complexity index is 95.3. The van der Waals surface area contributed by atoms with Crippen molar-refractivity contribution in [2.24, 2.45) is 0 Å². The monoisotopic (exact) mass is 137 g/mol. The Morgan fingerprint density at radius 2 is 1.50 bits per heavy atom. The number of hydrogen-bond donors (Lipinski definition) is 0. The summed E-state index contributed by atoms with van der Waals surface area (Å²) < 4.78 is 0. The van der Waals surface area contributed by atoms with E-state index in [1.54, 1.807) is 0 Å². The van der Waals surface area contributed by atoms with Crippen molar-refractivity contribution >= 4 is 0 Å². The van der Waals surface area contributed by atoms with Gasteiger partial charge in [-0.3, -0.25) is 0 Å². The molecule has 1 nitrogen and oxygen atoms in total. The molecule has 4 radical (unpaired) electrons. The van der Waals surface area contributed by atoms with Gasteiger partial charge in [-0.25, -0.2) is 0 Å². The quantitative estimate of drug-likeness (QED) is 0.491. The van der Waals surface area contributed by atoms with Crippen molar-refractivity contribution in [3.63, 3.8) is 0 Å². The SMILES string of the molecule is CN1[C@@H]2CCC[C@H]1CC2.[C]. The molecule has 2 rings (SSSR count). The minimum atomic E-state index is 0. The van der Waals surface area contributed by atoms with Gasteiger partial charge in [-0.05, 0) is 32.7 Å². The zero-order chi connectivity index (χ0) is 6.27. The summed E-state index contributed by atoms with van der Waals surface area (Å²) >= 11 is 0. The average Bonchev–Trinajstić information content (AvgIpc) is 2.19. The largest absolute Gasteiger partial charge is 0.300 e. The Hall–Kier alpha value is -0.0400. The van der Waals surface area contributed by atoms with Crippen molar-refractivity contribution < 1.29 is 0 Å². The average molecular weight is 137 g/mol. The van der Waals surface area contributed by atoms with Crippen LogP contribution in [0.3, 0.4) is 0 Å². The molecule has 2 fully saturated rings. The summed E-state index contributed by atoms with van der Waals surface area (Å²) in [7, 11) is 2.29. The van der Waals surface area contributed by atoms with Crippen LogP contribution in [0.4, 0.5) is 0 Å². The molecule has 2 bridgehead atoms. The molecule has 0 aromatic rings. The standard InChI is InChI=1S/C8H15N.C/c1-9-7-3-2-4-8(9)6-5-7;/h7-8H,2-6H2,1H3;/t7-,8+;. The highest BCUT2D eigenvalue weighted by atomic mass is 15.2. The first kappa shape index (κ1) is 8.06. The summed E-state index contributed by atoms with van der Waals surface area (Å²) in [5, 5.41) is 0. The Labute approximate surface area is 64.4 Å². The number of nitrogens with zero attached hydrogens (tertiary/aromatic N) is 1. The predicted molar refractivity (Wildman–Crippen MR) is 41.7 cm³/mol. The van der Waals surface area contributed by atoms with E-state index >= 15 is 0 Å². The van der Waals surface area contributed by atoms with Gasteiger partial charge in [-0.15, -0.1) is 0 Å². The molecule has 1 heteroatoms. The second kappa shape index (κ2) is 2.91. The summed E-state index contributed by atoms with van der Waals surface area (Å²) in [5.74, 6) is 0. The molecule has 2 atom stereocenters. The highest BCUT2D eigenvalue weighted by Gasteiger charge is 2.33. The van der Waals surface area contributed by atoms with Crippen LogP contribution in [-0.4, -0.2) is 24.0 Å². The molecule has 0 amide bonds. The van der Waals surface area contributed by atoms with Crippen LogP contribution < -0.4 is 0 Å². The normalized spacial score (nSPS) is 39.3. The van der Waals surface area contributed by atoms with Crippen LogP contribution in [0.2, 0.25) is 0 Å². The number of hydrogen-bond acceptors (Lipinski definition) is 1. The maximum Gasteiger partial charge on any atom is 0.00957 e. The molecule has 2 aliphatic rings. The molecule has 0 saturated carbocycles. The lowest BCUT2D eigenvalue weighted by molar-refractivity contribution is 0.179. The second-order valence-corrected chi connectivity index (χ2v) is 3.48. The fraction of sp³-hybridized carbons (Fsp3) is 0.889. The Morgan fingerprint density at radius 1 is 1.00 bits per heavy atom. The first-order chi connectivity index (χ1) is 4.38. The molecule has 2 saturated heterocycles. The van der Waals surface area contributed by atoms with E-state index < -0.39 is 0 Å². The van der Waals surface area contributed by atoms with Gasteiger partial charge in [0.2, 0.25) is 0 Å². The summed E-state index contributed by atoms with van der Waals surface area (Å²) in [6.45, 7) is 0. The maximum atomic E-state index is 2.59. The lowest BCUT2D eigenvalue weighted by atomic mass is 10.0. The van der Waals surface area contributed by atoms with Gasteiger partial charge < -0.3 is 4.90 Å². The van der Waals surface area contributed by atoms with Crippen molar-refractivity contribution in [3.8, 4) is 0 Å². The first-order valence-corrected chi connectivity index (χ1v) is 4.10. The Balaban J connectivity index is 0.000000500. The van der Waals surface area contributed by atoms with Crippen LogP contribution >= 0.6 is 0 Å². The van der Waals surface area contributed by atoms with Gasteiger partial charge >= 0.3 is 0 Å². The number of piperidine rings is 1. The highest BCUT2D eigenvalue weighted by Crippen LogP contribution is 2.33. The van der Waals surface area contributed by atoms with E-state index in [0.717, 1.165) is 12.1 Å². The Kier molecular flexibility index (Phi) is 2.35. The van der Waals surface area contributed by atoms with E-state index in [1.165, 1.54) is 32.1 Å². The van der Waals surface area contributed by atoms with Crippen LogP contribution in [0.5, 0.6) is 0 Å². The molecule has 2 heterocycles. The summed E-state index contributed by atoms with van der Waals surface area (Å²) in [6.07, 6.45) is 7.36. The van der Waals surface area contributed by atoms with Gasteiger partial charge in [0, 0.05) is 19.5 Å². The third-order valence-electron chi connectivity index (χ3n) is 3.06. The zero-order valence-corrected chi connectivity index (χ0v) is 6.64. The molecule has 0 aliphatic carbocycles. The molecule has 56 valence electrons. The third-order valence-corrected chi connectivity index (χ3v) is 3.06. The molecule has 0 unspecified atom stereocenters. The molecule has 0 aromatic carbocycles. The van der Waals surface area contributed by atoms with E-state index in [-0.39, 0.29) is 7.43 Å². The van der Waals surface area contributed by atoms with Gasteiger partial charge in [0.05, 0.1) is 0 Å². The minimum absolute atomic E-state index is 0. The fourth-order valence-corrected chi connectivity index (χ4v) is 2.38. The highest BCUT2D eigenvalue weighted by molar-refractivity contribution is 4.89. The molecule has 0 N–H and O–H groups in total. The van der Waals surface area contributed by atoms with E-state index in [0.29, 0.717) is 0 Å². The van der Waals surface area contributed by atoms with Crippen LogP contribution in [0.15, 0.2) is 0 Å². The summed E-state index contributed by atoms with van der Waals surface area (Å²) in [6, 6.07) is 1.92. The van der Waals surface area contributed by atoms with Crippen molar-refractivity contribution in [1.29, 1.82) is 0 Å². The lowest BCUT2D eigenvalue weighted by Crippen LogP contribution is -2.35. The van der Waals surface area contributed by atoms with Crippen LogP contribution in [0, 0.1) is 7.43 Å². The summed E-state index contributed by atoms with van der Waals surface area (Å²) in [4.78, 5) is 2.59. The van der Waals surface area contributed by atoms with Gasteiger partial charge in [-0.2, -0.15) is 0 Å². The van der Waals surface area contributed by atoms with Gasteiger partial charge in [0.25, 0.3) is 0 Å². The third kappa shape index (κ3) is 1.07. The van der Waals surface area contributed by atoms with Crippen molar-refractivity contribution in [2.75, 3.05) is 7.05 Å². The molecular formula is C9H15N. The smallest absolute Gasteiger partial charge is 0.00957 e. The molecule has 0 aromatic heterocycles. The van der Waals surface area contributed by atoms with Gasteiger partial charge in [0.15, 0.2) is 0 Å². The zero-order valence-electron chi connectivity index (χ0n) is 6.64. The second-order valence-electron chi connectivity index (χ2n) is 3.48. The number of fused-ring (bicyclic) bond motifs is 2. The van der Waals surface area contributed by atoms with E-state index in [9.17, 15) is 0 Å². The van der Waals surface area contributed by atoms with E-state index in [2.05, 4.69) is 11.9 Å². The van der Waals surface area contributed by atoms with Crippen LogP contribution in [0.1, 0.15) is 32.1 Å². The number of rotatable bonds is 0. The predicted octanol–water partition coefficient (Wildman–Crippen LogP) is 1.71. The van der Waals surface area contributed by atoms with Crippen molar-refractivity contribution in [2.45, 2.75) is 44.2 Å². The van der Waals surface area contributed by atoms with Crippen molar-refractivity contribution in [3.05, 3.63) is 7.43 Å². The van der Waals surface area contributed by atoms with Crippen LogP contribution in [0.25, 0.3) is 0 Å². The van der Waals surface area contributed by atoms with E-state index in [4.69, 9.17) is 0 Å². The molecular weight excluding hydrogens is 122 g/mol. The van der Waals surface area contributed by atoms with Crippen molar-refractivity contribution in [1.82, 2.24) is 4.90 Å². The maximum absolute atomic E-state index is 2.59. The fourth-order valence-electron chi connectivity index (χ4n) is 2.38. The first-order valence-electron chi connectivity index (χ1n) is 4.10. The molecule has 0 spiro atoms. The topological polar surface area (TPSA) is 3.24 Å².